The van der Waals surface area contributed by atoms with Gasteiger partial charge in [0, 0.05) is 41.7 Å². The Morgan fingerprint density at radius 3 is 2.40 bits per heavy atom. The molecule has 4 aromatic rings. The molecule has 1 atom stereocenters. The smallest absolute Gasteiger partial charge is 0.368 e. The third kappa shape index (κ3) is 9.39. The molecule has 0 aliphatic heterocycles. The lowest BCUT2D eigenvalue weighted by molar-refractivity contribution is -0.137. The monoisotopic (exact) mass is 675 g/mol. The van der Waals surface area contributed by atoms with Gasteiger partial charge < -0.3 is 26.2 Å². The van der Waals surface area contributed by atoms with Crippen LogP contribution in [0.15, 0.2) is 71.8 Å². The quantitative estimate of drug-likeness (QED) is 0.0977. The molecule has 0 aliphatic rings. The van der Waals surface area contributed by atoms with Crippen LogP contribution in [0.3, 0.4) is 0 Å². The maximum atomic E-state index is 15.2. The molecule has 9 nitrogen and oxygen atoms in total. The van der Waals surface area contributed by atoms with Gasteiger partial charge in [-0.3, -0.25) is 4.21 Å². The Kier molecular flexibility index (Phi) is 11.0. The Balaban J connectivity index is 1.57. The molecule has 4 rings (SSSR count). The number of urea groups is 1. The Hall–Kier alpha value is -4.76. The van der Waals surface area contributed by atoms with Crippen molar-refractivity contribution in [2.24, 2.45) is 0 Å². The molecule has 0 fully saturated rings. The van der Waals surface area contributed by atoms with Crippen LogP contribution in [0.4, 0.5) is 55.6 Å². The van der Waals surface area contributed by atoms with Crippen LogP contribution >= 0.6 is 0 Å². The lowest BCUT2D eigenvalue weighted by Gasteiger charge is -2.16. The summed E-state index contributed by atoms with van der Waals surface area (Å²) in [5.74, 6) is -1.34. The van der Waals surface area contributed by atoms with Gasteiger partial charge >= 0.3 is 12.2 Å². The van der Waals surface area contributed by atoms with Crippen molar-refractivity contribution in [3.63, 3.8) is 0 Å². The second kappa shape index (κ2) is 14.8. The lowest BCUT2D eigenvalue weighted by Crippen LogP contribution is -2.22. The highest BCUT2D eigenvalue weighted by molar-refractivity contribution is 8.00. The van der Waals surface area contributed by atoms with Crippen molar-refractivity contribution in [2.75, 3.05) is 54.7 Å². The first-order chi connectivity index (χ1) is 22.2. The van der Waals surface area contributed by atoms with E-state index in [4.69, 9.17) is 0 Å². The molecule has 15 heteroatoms. The summed E-state index contributed by atoms with van der Waals surface area (Å²) in [5, 5.41) is 12.3. The highest BCUT2D eigenvalue weighted by Crippen LogP contribution is 2.33. The summed E-state index contributed by atoms with van der Waals surface area (Å²) < 4.78 is 81.4. The zero-order valence-corrected chi connectivity index (χ0v) is 26.8. The summed E-state index contributed by atoms with van der Waals surface area (Å²) in [6, 6.07) is 11.4. The van der Waals surface area contributed by atoms with Crippen LogP contribution in [0.25, 0.3) is 11.1 Å². The predicted octanol–water partition coefficient (Wildman–Crippen LogP) is 7.29. The van der Waals surface area contributed by atoms with Crippen LogP contribution in [0.2, 0.25) is 0 Å². The van der Waals surface area contributed by atoms with E-state index >= 15 is 4.39 Å². The average Bonchev–Trinajstić information content (AvgIpc) is 2.99. The fourth-order valence-corrected chi connectivity index (χ4v) is 5.95. The number of carbonyl (C=O) groups is 1. The number of rotatable bonds is 11. The van der Waals surface area contributed by atoms with E-state index < -0.39 is 44.6 Å². The van der Waals surface area contributed by atoms with E-state index in [0.717, 1.165) is 6.07 Å². The number of carbonyl (C=O) groups excluding carboxylic acids is 1. The summed E-state index contributed by atoms with van der Waals surface area (Å²) in [7, 11) is 1.48. The van der Waals surface area contributed by atoms with Crippen molar-refractivity contribution in [2.45, 2.75) is 24.4 Å². The molecule has 3 aromatic carbocycles. The van der Waals surface area contributed by atoms with E-state index in [0.29, 0.717) is 65.2 Å². The largest absolute Gasteiger partial charge is 0.416 e. The van der Waals surface area contributed by atoms with Crippen molar-refractivity contribution in [1.82, 2.24) is 14.9 Å². The van der Waals surface area contributed by atoms with Crippen LogP contribution in [0, 0.1) is 11.6 Å². The third-order valence-electron chi connectivity index (χ3n) is 6.75. The maximum Gasteiger partial charge on any atom is 0.416 e. The van der Waals surface area contributed by atoms with Gasteiger partial charge in [0.1, 0.15) is 17.5 Å². The van der Waals surface area contributed by atoms with Gasteiger partial charge in [0.05, 0.1) is 16.9 Å². The van der Waals surface area contributed by atoms with E-state index in [2.05, 4.69) is 25.9 Å². The molecule has 0 saturated carbocycles. The number of alkyl halides is 3. The van der Waals surface area contributed by atoms with Crippen molar-refractivity contribution >= 4 is 49.7 Å². The zero-order valence-electron chi connectivity index (χ0n) is 26.0. The second-order valence-electron chi connectivity index (χ2n) is 10.8. The molecule has 1 heterocycles. The third-order valence-corrected chi connectivity index (χ3v) is 8.91. The van der Waals surface area contributed by atoms with Crippen LogP contribution in [0.5, 0.6) is 0 Å². The number of nitrogens with zero attached hydrogens (tertiary/aromatic N) is 3. The summed E-state index contributed by atoms with van der Waals surface area (Å²) in [5.41, 5.74) is -0.750. The first-order valence-electron chi connectivity index (χ1n) is 14.4. The highest BCUT2D eigenvalue weighted by Gasteiger charge is 2.31. The summed E-state index contributed by atoms with van der Waals surface area (Å²) in [4.78, 5) is 24.0. The van der Waals surface area contributed by atoms with Crippen molar-refractivity contribution in [3.8, 4) is 11.1 Å². The minimum absolute atomic E-state index is 0.234. The second-order valence-corrected chi connectivity index (χ2v) is 13.4. The number of halogens is 5. The molecule has 250 valence electrons. The number of nitrogens with one attached hydrogen (secondary N) is 4. The van der Waals surface area contributed by atoms with Crippen LogP contribution in [-0.2, 0) is 15.7 Å². The molecule has 0 aliphatic carbocycles. The molecule has 0 bridgehead atoms. The van der Waals surface area contributed by atoms with Gasteiger partial charge in [0.2, 0.25) is 5.95 Å². The molecule has 0 saturated heterocycles. The van der Waals surface area contributed by atoms with Crippen molar-refractivity contribution in [1.29, 1.82) is 0 Å². The molecule has 0 radical (unpaired) electrons. The zero-order chi connectivity index (χ0) is 34.4. The van der Waals surface area contributed by atoms with Crippen LogP contribution in [0.1, 0.15) is 18.9 Å². The molecule has 0 spiro atoms. The topological polar surface area (TPSA) is 111 Å². The maximum absolute atomic E-state index is 15.2. The number of hydrogen-bond donors (Lipinski definition) is 4. The van der Waals surface area contributed by atoms with E-state index in [1.807, 2.05) is 31.2 Å². The number of benzene rings is 3. The molecule has 1 unspecified atom stereocenters. The molecule has 2 amide bonds. The Morgan fingerprint density at radius 2 is 1.72 bits per heavy atom. The van der Waals surface area contributed by atoms with Gasteiger partial charge in [0.15, 0.2) is 0 Å². The first-order valence-corrected chi connectivity index (χ1v) is 16.4. The Bertz CT molecular complexity index is 1880. The Morgan fingerprint density at radius 1 is 0.979 bits per heavy atom. The SMILES string of the molecule is CCC=S(C)(=O)c1cccc(Nc2ncc(-c3ccc(NC(=O)Nc4cc(C(F)(F)F)ccc4F)c(F)c3)c(NCCN(C)C)n2)c1. The highest BCUT2D eigenvalue weighted by atomic mass is 32.2. The fourth-order valence-electron chi connectivity index (χ4n) is 4.41. The molecule has 4 N–H and O–H groups in total. The first kappa shape index (κ1) is 35.1. The molecule has 1 aromatic heterocycles. The Labute approximate surface area is 269 Å². The van der Waals surface area contributed by atoms with Gasteiger partial charge in [-0.2, -0.15) is 18.2 Å². The van der Waals surface area contributed by atoms with E-state index in [1.165, 1.54) is 18.3 Å². The number of anilines is 5. The van der Waals surface area contributed by atoms with Gasteiger partial charge in [-0.05, 0) is 89.5 Å². The standard InChI is InChI=1S/C32H34F5N7O2S/c1-5-15-47(4,46)23-8-6-7-22(18-23)40-30-39-19-24(29(43-30)38-13-14-44(2)3)20-9-12-27(26(34)16-20)41-31(45)42-28-17-21(32(35,36)37)10-11-25(28)33/h6-12,15-19H,5,13-14H2,1-4H3,(H2,41,42,45)(H2,38,39,40,43). The minimum Gasteiger partial charge on any atom is -0.368 e. The van der Waals surface area contributed by atoms with Gasteiger partial charge in [0.25, 0.3) is 0 Å². The number of hydrogen-bond acceptors (Lipinski definition) is 7. The number of aromatic nitrogens is 2. The minimum atomic E-state index is -4.75. The van der Waals surface area contributed by atoms with Crippen molar-refractivity contribution < 1.29 is 31.0 Å². The van der Waals surface area contributed by atoms with Gasteiger partial charge in [-0.15, -0.1) is 0 Å². The molecule has 47 heavy (non-hydrogen) atoms. The normalized spacial score (nSPS) is 12.7. The lowest BCUT2D eigenvalue weighted by atomic mass is 10.1. The number of amides is 2. The van der Waals surface area contributed by atoms with Crippen LogP contribution < -0.4 is 21.3 Å². The van der Waals surface area contributed by atoms with Gasteiger partial charge in [-0.25, -0.2) is 18.6 Å². The average molecular weight is 676 g/mol. The van der Waals surface area contributed by atoms with E-state index in [-0.39, 0.29) is 11.6 Å². The molecular weight excluding hydrogens is 641 g/mol. The molecular formula is C32H34F5N7O2S. The van der Waals surface area contributed by atoms with Gasteiger partial charge in [-0.1, -0.05) is 19.1 Å². The van der Waals surface area contributed by atoms with Crippen molar-refractivity contribution in [3.05, 3.63) is 84.1 Å². The summed E-state index contributed by atoms with van der Waals surface area (Å²) in [6.07, 6.45) is -0.921. The summed E-state index contributed by atoms with van der Waals surface area (Å²) in [6.45, 7) is 3.07. The fraction of sp³-hybridized carbons (Fsp3) is 0.250. The summed E-state index contributed by atoms with van der Waals surface area (Å²) >= 11 is 0. The predicted molar refractivity (Wildman–Crippen MR) is 177 cm³/mol. The van der Waals surface area contributed by atoms with E-state index in [1.54, 1.807) is 35.9 Å². The van der Waals surface area contributed by atoms with E-state index in [9.17, 15) is 26.6 Å². The van der Waals surface area contributed by atoms with Crippen LogP contribution in [-0.4, -0.2) is 63.9 Å². The number of likely N-dealkylation sites (N-methyl/N-ethyl adjacent to an activating group) is 1.